The van der Waals surface area contributed by atoms with Gasteiger partial charge in [0.1, 0.15) is 4.90 Å². The third-order valence-corrected chi connectivity index (χ3v) is 7.40. The van der Waals surface area contributed by atoms with Gasteiger partial charge in [0.15, 0.2) is 0 Å². The molecule has 1 aromatic carbocycles. The number of rotatable bonds is 3. The van der Waals surface area contributed by atoms with Crippen LogP contribution >= 0.6 is 0 Å². The predicted molar refractivity (Wildman–Crippen MR) is 103 cm³/mol. The first kappa shape index (κ1) is 22.3. The van der Waals surface area contributed by atoms with E-state index in [9.17, 15) is 26.4 Å². The summed E-state index contributed by atoms with van der Waals surface area (Å²) in [6, 6.07) is 4.63. The fourth-order valence-electron chi connectivity index (χ4n) is 3.68. The Kier molecular flexibility index (Phi) is 5.96. The number of aryl methyl sites for hydroxylation is 2. The first-order valence-corrected chi connectivity index (χ1v) is 10.8. The fourth-order valence-corrected chi connectivity index (χ4v) is 5.55. The van der Waals surface area contributed by atoms with Crippen molar-refractivity contribution in [2.45, 2.75) is 31.3 Å². The van der Waals surface area contributed by atoms with Gasteiger partial charge in [-0.05, 0) is 32.4 Å². The molecule has 1 aliphatic heterocycles. The number of halogens is 3. The minimum absolute atomic E-state index is 0.00259. The lowest BCUT2D eigenvalue weighted by molar-refractivity contribution is -0.138. The van der Waals surface area contributed by atoms with Crippen LogP contribution in [0.2, 0.25) is 0 Å². The van der Waals surface area contributed by atoms with Crippen LogP contribution in [0, 0.1) is 13.8 Å². The Balaban J connectivity index is 1.83. The molecular weight excluding hydrogens is 421 g/mol. The minimum Gasteiger partial charge on any atom is -0.337 e. The molecule has 1 amide bonds. The summed E-state index contributed by atoms with van der Waals surface area (Å²) >= 11 is 0. The maximum absolute atomic E-state index is 13.3. The van der Waals surface area contributed by atoms with E-state index in [-0.39, 0.29) is 31.1 Å². The number of hydrogen-bond donors (Lipinski definition) is 0. The standard InChI is InChI=1S/C19H23F3N4O3S/c1-13-17(14(2)24(3)23-13)30(28,29)26-10-6-9-25(11-12-26)18(27)15-7-4-5-8-16(15)19(20,21)22/h4-5,7-8H,6,9-12H2,1-3H3. The van der Waals surface area contributed by atoms with E-state index in [1.54, 1.807) is 20.9 Å². The summed E-state index contributed by atoms with van der Waals surface area (Å²) in [7, 11) is -2.18. The Bertz CT molecular complexity index is 1060. The molecule has 2 aromatic rings. The van der Waals surface area contributed by atoms with E-state index in [0.29, 0.717) is 17.8 Å². The first-order chi connectivity index (χ1) is 13.9. The van der Waals surface area contributed by atoms with Crippen LogP contribution in [-0.2, 0) is 23.2 Å². The van der Waals surface area contributed by atoms with Crippen molar-refractivity contribution in [1.29, 1.82) is 0 Å². The van der Waals surface area contributed by atoms with Gasteiger partial charge >= 0.3 is 6.18 Å². The molecule has 1 aromatic heterocycles. The number of aromatic nitrogens is 2. The Morgan fingerprint density at radius 3 is 2.33 bits per heavy atom. The molecule has 1 aliphatic rings. The van der Waals surface area contributed by atoms with Gasteiger partial charge in [-0.15, -0.1) is 0 Å². The summed E-state index contributed by atoms with van der Waals surface area (Å²) < 4.78 is 68.9. The van der Waals surface area contributed by atoms with Crippen LogP contribution < -0.4 is 0 Å². The second kappa shape index (κ2) is 8.03. The number of sulfonamides is 1. The summed E-state index contributed by atoms with van der Waals surface area (Å²) in [5.41, 5.74) is -0.541. The van der Waals surface area contributed by atoms with E-state index in [1.807, 2.05) is 0 Å². The molecule has 7 nitrogen and oxygen atoms in total. The van der Waals surface area contributed by atoms with Crippen molar-refractivity contribution < 1.29 is 26.4 Å². The fraction of sp³-hybridized carbons (Fsp3) is 0.474. The van der Waals surface area contributed by atoms with Crippen molar-refractivity contribution in [3.8, 4) is 0 Å². The number of hydrogen-bond acceptors (Lipinski definition) is 4. The number of carbonyl (C=O) groups is 1. The quantitative estimate of drug-likeness (QED) is 0.729. The molecule has 11 heteroatoms. The monoisotopic (exact) mass is 444 g/mol. The second-order valence-electron chi connectivity index (χ2n) is 7.22. The van der Waals surface area contributed by atoms with E-state index in [0.717, 1.165) is 12.1 Å². The van der Waals surface area contributed by atoms with Crippen LogP contribution in [-0.4, -0.2) is 59.5 Å². The molecule has 3 rings (SSSR count). The van der Waals surface area contributed by atoms with Crippen LogP contribution in [0.1, 0.15) is 33.7 Å². The molecule has 2 heterocycles. The molecule has 0 radical (unpaired) electrons. The van der Waals surface area contributed by atoms with Gasteiger partial charge in [0, 0.05) is 33.2 Å². The summed E-state index contributed by atoms with van der Waals surface area (Å²) in [6.45, 7) is 3.61. The smallest absolute Gasteiger partial charge is 0.337 e. The van der Waals surface area contributed by atoms with Gasteiger partial charge in [-0.3, -0.25) is 9.48 Å². The van der Waals surface area contributed by atoms with Crippen LogP contribution in [0.4, 0.5) is 13.2 Å². The molecule has 0 aliphatic carbocycles. The molecule has 0 bridgehead atoms. The molecule has 0 saturated carbocycles. The van der Waals surface area contributed by atoms with Gasteiger partial charge in [0.2, 0.25) is 10.0 Å². The van der Waals surface area contributed by atoms with Crippen molar-refractivity contribution in [3.63, 3.8) is 0 Å². The molecule has 0 N–H and O–H groups in total. The van der Waals surface area contributed by atoms with Crippen molar-refractivity contribution in [1.82, 2.24) is 19.0 Å². The molecule has 164 valence electrons. The third-order valence-electron chi connectivity index (χ3n) is 5.25. The van der Waals surface area contributed by atoms with E-state index >= 15 is 0 Å². The highest BCUT2D eigenvalue weighted by Crippen LogP contribution is 2.32. The normalized spacial score (nSPS) is 16.5. The van der Waals surface area contributed by atoms with E-state index in [1.165, 1.54) is 26.0 Å². The third kappa shape index (κ3) is 4.08. The molecule has 30 heavy (non-hydrogen) atoms. The maximum Gasteiger partial charge on any atom is 0.417 e. The molecule has 0 unspecified atom stereocenters. The second-order valence-corrected chi connectivity index (χ2v) is 9.09. The Hall–Kier alpha value is -2.40. The Morgan fingerprint density at radius 1 is 1.07 bits per heavy atom. The molecule has 0 spiro atoms. The van der Waals surface area contributed by atoms with Crippen LogP contribution in [0.25, 0.3) is 0 Å². The summed E-state index contributed by atoms with van der Waals surface area (Å²) in [6.07, 6.45) is -4.33. The van der Waals surface area contributed by atoms with Gasteiger partial charge in [-0.2, -0.15) is 22.6 Å². The summed E-state index contributed by atoms with van der Waals surface area (Å²) in [4.78, 5) is 14.2. The van der Waals surface area contributed by atoms with Gasteiger partial charge in [0.05, 0.1) is 22.5 Å². The number of amides is 1. The maximum atomic E-state index is 13.3. The molecule has 1 saturated heterocycles. The minimum atomic E-state index is -4.65. The largest absolute Gasteiger partial charge is 0.417 e. The lowest BCUT2D eigenvalue weighted by Crippen LogP contribution is -2.38. The Morgan fingerprint density at radius 2 is 1.73 bits per heavy atom. The highest BCUT2D eigenvalue weighted by atomic mass is 32.2. The lowest BCUT2D eigenvalue weighted by Gasteiger charge is -2.23. The molecule has 0 atom stereocenters. The highest BCUT2D eigenvalue weighted by molar-refractivity contribution is 7.89. The van der Waals surface area contributed by atoms with Gasteiger partial charge in [-0.1, -0.05) is 12.1 Å². The van der Waals surface area contributed by atoms with Crippen molar-refractivity contribution in [3.05, 3.63) is 46.8 Å². The topological polar surface area (TPSA) is 75.5 Å². The SMILES string of the molecule is Cc1nn(C)c(C)c1S(=O)(=O)N1CCCN(C(=O)c2ccccc2C(F)(F)F)CC1. The van der Waals surface area contributed by atoms with Gasteiger partial charge in [0.25, 0.3) is 5.91 Å². The number of benzene rings is 1. The van der Waals surface area contributed by atoms with Crippen LogP contribution in [0.15, 0.2) is 29.2 Å². The lowest BCUT2D eigenvalue weighted by atomic mass is 10.1. The van der Waals surface area contributed by atoms with E-state index in [2.05, 4.69) is 5.10 Å². The van der Waals surface area contributed by atoms with Gasteiger partial charge in [-0.25, -0.2) is 8.42 Å². The van der Waals surface area contributed by atoms with Crippen LogP contribution in [0.5, 0.6) is 0 Å². The highest BCUT2D eigenvalue weighted by Gasteiger charge is 2.37. The van der Waals surface area contributed by atoms with Crippen LogP contribution in [0.3, 0.4) is 0 Å². The van der Waals surface area contributed by atoms with Gasteiger partial charge < -0.3 is 4.90 Å². The molecular formula is C19H23F3N4O3S. The average molecular weight is 444 g/mol. The van der Waals surface area contributed by atoms with E-state index in [4.69, 9.17) is 0 Å². The number of nitrogens with zero attached hydrogens (tertiary/aromatic N) is 4. The Labute approximate surface area is 173 Å². The van der Waals surface area contributed by atoms with E-state index < -0.39 is 33.2 Å². The van der Waals surface area contributed by atoms with Crippen molar-refractivity contribution in [2.75, 3.05) is 26.2 Å². The molecule has 1 fully saturated rings. The number of carbonyl (C=O) groups excluding carboxylic acids is 1. The summed E-state index contributed by atoms with van der Waals surface area (Å²) in [5, 5.41) is 4.15. The zero-order chi connectivity index (χ0) is 22.3. The zero-order valence-corrected chi connectivity index (χ0v) is 17.7. The average Bonchev–Trinajstić information content (AvgIpc) is 2.85. The first-order valence-electron chi connectivity index (χ1n) is 9.40. The predicted octanol–water partition coefficient (Wildman–Crippen LogP) is 2.59. The zero-order valence-electron chi connectivity index (χ0n) is 16.9. The van der Waals surface area contributed by atoms with Crippen molar-refractivity contribution in [2.24, 2.45) is 7.05 Å². The summed E-state index contributed by atoms with van der Waals surface area (Å²) in [5.74, 6) is -0.754. The van der Waals surface area contributed by atoms with Crippen molar-refractivity contribution >= 4 is 15.9 Å². The number of alkyl halides is 3.